The topological polar surface area (TPSA) is 71.3 Å². The van der Waals surface area contributed by atoms with Gasteiger partial charge in [0.25, 0.3) is 5.91 Å². The van der Waals surface area contributed by atoms with E-state index in [1.165, 1.54) is 23.3 Å². The van der Waals surface area contributed by atoms with Crippen LogP contribution < -0.4 is 0 Å². The summed E-state index contributed by atoms with van der Waals surface area (Å²) in [6, 6.07) is 8.32. The predicted octanol–water partition coefficient (Wildman–Crippen LogP) is 6.07. The van der Waals surface area contributed by atoms with Crippen molar-refractivity contribution in [2.24, 2.45) is 0 Å². The zero-order chi connectivity index (χ0) is 26.5. The van der Waals surface area contributed by atoms with Crippen LogP contribution in [0.2, 0.25) is 0 Å². The maximum Gasteiger partial charge on any atom is 0.257 e. The Bertz CT molecular complexity index is 1210. The summed E-state index contributed by atoms with van der Waals surface area (Å²) >= 11 is 1.53. The fourth-order valence-electron chi connectivity index (χ4n) is 4.98. The highest BCUT2D eigenvalue weighted by atomic mass is 32.1. The van der Waals surface area contributed by atoms with Gasteiger partial charge in [-0.3, -0.25) is 9.59 Å². The molecule has 0 radical (unpaired) electrons. The molecule has 2 aromatic heterocycles. The summed E-state index contributed by atoms with van der Waals surface area (Å²) in [5.41, 5.74) is 4.67. The van der Waals surface area contributed by atoms with Crippen molar-refractivity contribution in [2.75, 3.05) is 19.6 Å². The Hall–Kier alpha value is -3.00. The summed E-state index contributed by atoms with van der Waals surface area (Å²) < 4.78 is 1.82. The van der Waals surface area contributed by atoms with Gasteiger partial charge in [-0.2, -0.15) is 5.10 Å². The second kappa shape index (κ2) is 12.0. The zero-order valence-electron chi connectivity index (χ0n) is 22.7. The van der Waals surface area contributed by atoms with E-state index in [-0.39, 0.29) is 23.8 Å². The number of benzene rings is 1. The first-order chi connectivity index (χ1) is 17.8. The first-order valence-electron chi connectivity index (χ1n) is 13.5. The molecular formula is C29H39N5O2S. The average Bonchev–Trinajstić information content (AvgIpc) is 3.54. The van der Waals surface area contributed by atoms with Crippen LogP contribution in [-0.2, 0) is 4.79 Å². The van der Waals surface area contributed by atoms with E-state index in [1.807, 2.05) is 26.8 Å². The summed E-state index contributed by atoms with van der Waals surface area (Å²) in [5, 5.41) is 7.40. The first-order valence-corrected chi connectivity index (χ1v) is 14.4. The van der Waals surface area contributed by atoms with Crippen molar-refractivity contribution >= 4 is 23.2 Å². The fraction of sp³-hybridized carbons (Fsp3) is 0.517. The van der Waals surface area contributed by atoms with Gasteiger partial charge in [0, 0.05) is 43.0 Å². The molecule has 0 spiro atoms. The van der Waals surface area contributed by atoms with Crippen LogP contribution >= 0.6 is 11.3 Å². The van der Waals surface area contributed by atoms with Gasteiger partial charge in [-0.25, -0.2) is 9.67 Å². The van der Waals surface area contributed by atoms with Crippen LogP contribution in [0.15, 0.2) is 35.8 Å². The molecule has 4 rings (SSSR count). The van der Waals surface area contributed by atoms with E-state index in [2.05, 4.69) is 57.1 Å². The summed E-state index contributed by atoms with van der Waals surface area (Å²) in [7, 11) is 0. The second-order valence-electron chi connectivity index (χ2n) is 10.4. The summed E-state index contributed by atoms with van der Waals surface area (Å²) in [4.78, 5) is 35.1. The Morgan fingerprint density at radius 1 is 1.11 bits per heavy atom. The maximum absolute atomic E-state index is 13.6. The van der Waals surface area contributed by atoms with Gasteiger partial charge in [-0.1, -0.05) is 69.9 Å². The molecule has 198 valence electrons. The molecule has 0 saturated carbocycles. The van der Waals surface area contributed by atoms with E-state index in [9.17, 15) is 9.59 Å². The van der Waals surface area contributed by atoms with Crippen LogP contribution in [0, 0.1) is 6.92 Å². The van der Waals surface area contributed by atoms with Crippen LogP contribution in [-0.4, -0.2) is 62.1 Å². The maximum atomic E-state index is 13.6. The second-order valence-corrected chi connectivity index (χ2v) is 11.2. The molecule has 1 aromatic carbocycles. The smallest absolute Gasteiger partial charge is 0.257 e. The summed E-state index contributed by atoms with van der Waals surface area (Å²) in [6.45, 7) is 12.1. The first kappa shape index (κ1) is 27.0. The van der Waals surface area contributed by atoms with E-state index in [0.29, 0.717) is 31.6 Å². The molecule has 1 fully saturated rings. The van der Waals surface area contributed by atoms with Crippen LogP contribution in [0.5, 0.6) is 0 Å². The molecule has 8 heteroatoms. The van der Waals surface area contributed by atoms with Gasteiger partial charge in [0.2, 0.25) is 11.0 Å². The van der Waals surface area contributed by atoms with Gasteiger partial charge >= 0.3 is 0 Å². The van der Waals surface area contributed by atoms with Crippen LogP contribution in [0.3, 0.4) is 0 Å². The van der Waals surface area contributed by atoms with Crippen molar-refractivity contribution in [1.29, 1.82) is 0 Å². The highest BCUT2D eigenvalue weighted by Gasteiger charge is 2.32. The van der Waals surface area contributed by atoms with Gasteiger partial charge in [0.1, 0.15) is 0 Å². The Morgan fingerprint density at radius 3 is 2.54 bits per heavy atom. The third kappa shape index (κ3) is 6.12. The lowest BCUT2D eigenvalue weighted by Crippen LogP contribution is -2.55. The van der Waals surface area contributed by atoms with Gasteiger partial charge in [-0.15, -0.1) is 11.3 Å². The Balaban J connectivity index is 1.48. The number of unbranched alkanes of at least 4 members (excludes halogenated alkanes) is 3. The number of amides is 2. The van der Waals surface area contributed by atoms with Gasteiger partial charge in [0.15, 0.2) is 0 Å². The SMILES string of the molecule is CCCCCCC(=O)N1CCN(C(=O)c2cnn(-c3nc(-c4ccc(C)cc4)cs3)c2C(C)C)CC1C. The van der Waals surface area contributed by atoms with Crippen LogP contribution in [0.1, 0.15) is 87.3 Å². The molecule has 1 atom stereocenters. The van der Waals surface area contributed by atoms with E-state index in [4.69, 9.17) is 4.98 Å². The largest absolute Gasteiger partial charge is 0.336 e. The molecule has 1 aliphatic heterocycles. The molecule has 2 amide bonds. The number of carbonyl (C=O) groups is 2. The third-order valence-electron chi connectivity index (χ3n) is 7.08. The molecule has 7 nitrogen and oxygen atoms in total. The number of thiazole rings is 1. The van der Waals surface area contributed by atoms with Gasteiger partial charge < -0.3 is 9.80 Å². The van der Waals surface area contributed by atoms with Crippen molar-refractivity contribution in [2.45, 2.75) is 78.7 Å². The molecule has 1 aliphatic rings. The average molecular weight is 522 g/mol. The van der Waals surface area contributed by atoms with Crippen LogP contribution in [0.25, 0.3) is 16.4 Å². The number of carbonyl (C=O) groups excluding carboxylic acids is 2. The molecule has 37 heavy (non-hydrogen) atoms. The Morgan fingerprint density at radius 2 is 1.86 bits per heavy atom. The van der Waals surface area contributed by atoms with Gasteiger partial charge in [0.05, 0.1) is 23.1 Å². The quantitative estimate of drug-likeness (QED) is 0.320. The number of aryl methyl sites for hydroxylation is 1. The number of rotatable bonds is 9. The van der Waals surface area contributed by atoms with Crippen molar-refractivity contribution < 1.29 is 9.59 Å². The minimum absolute atomic E-state index is 0.00458. The Labute approximate surface area is 224 Å². The molecule has 0 N–H and O–H groups in total. The van der Waals surface area contributed by atoms with E-state index in [0.717, 1.165) is 41.3 Å². The zero-order valence-corrected chi connectivity index (χ0v) is 23.6. The number of piperazine rings is 1. The lowest BCUT2D eigenvalue weighted by atomic mass is 10.0. The number of hydrogen-bond donors (Lipinski definition) is 0. The normalized spacial score (nSPS) is 16.0. The minimum Gasteiger partial charge on any atom is -0.336 e. The molecule has 3 heterocycles. The highest BCUT2D eigenvalue weighted by Crippen LogP contribution is 2.29. The minimum atomic E-state index is -0.0211. The molecule has 3 aromatic rings. The predicted molar refractivity (Wildman–Crippen MR) is 149 cm³/mol. The van der Waals surface area contributed by atoms with E-state index < -0.39 is 0 Å². The lowest BCUT2D eigenvalue weighted by molar-refractivity contribution is -0.135. The number of nitrogens with zero attached hydrogens (tertiary/aromatic N) is 5. The van der Waals surface area contributed by atoms with E-state index >= 15 is 0 Å². The highest BCUT2D eigenvalue weighted by molar-refractivity contribution is 7.12. The molecular weight excluding hydrogens is 482 g/mol. The summed E-state index contributed by atoms with van der Waals surface area (Å²) in [5.74, 6) is 0.281. The van der Waals surface area contributed by atoms with Crippen molar-refractivity contribution in [3.63, 3.8) is 0 Å². The number of hydrogen-bond acceptors (Lipinski definition) is 5. The van der Waals surface area contributed by atoms with E-state index in [1.54, 1.807) is 6.20 Å². The lowest BCUT2D eigenvalue weighted by Gasteiger charge is -2.40. The number of aromatic nitrogens is 3. The molecule has 1 saturated heterocycles. The van der Waals surface area contributed by atoms with Crippen LogP contribution in [0.4, 0.5) is 0 Å². The summed E-state index contributed by atoms with van der Waals surface area (Å²) in [6.07, 6.45) is 6.66. The molecule has 1 unspecified atom stereocenters. The standard InChI is InChI=1S/C29H39N5O2S/c1-6-7-8-9-10-26(35)33-16-15-32(18-22(33)5)28(36)24-17-30-34(27(24)20(2)3)29-31-25(19-37-29)23-13-11-21(4)12-14-23/h11-14,17,19-20,22H,6-10,15-16,18H2,1-5H3. The fourth-order valence-corrected chi connectivity index (χ4v) is 5.78. The van der Waals surface area contributed by atoms with Crippen molar-refractivity contribution in [3.8, 4) is 16.4 Å². The third-order valence-corrected chi connectivity index (χ3v) is 7.90. The van der Waals surface area contributed by atoms with Crippen molar-refractivity contribution in [1.82, 2.24) is 24.6 Å². The molecule has 0 aliphatic carbocycles. The van der Waals surface area contributed by atoms with Gasteiger partial charge in [-0.05, 0) is 26.2 Å². The Kier molecular flexibility index (Phi) is 8.79. The van der Waals surface area contributed by atoms with Crippen molar-refractivity contribution in [3.05, 3.63) is 52.7 Å². The monoisotopic (exact) mass is 521 g/mol. The molecule has 0 bridgehead atoms.